The minimum Gasteiger partial charge on any atom is -0.469 e. The Morgan fingerprint density at radius 1 is 1.17 bits per heavy atom. The number of ether oxygens (including phenoxy) is 1. The number of halogens is 1. The standard InChI is InChI=1S/C20H19IN2O3S.C2H6/c1-25-20(24)6-5-14-3-2-4-15(9-14)10-19-18-12-22-8-7-16(18)11-17(23-19)13-26-27-21;1-2/h2-4,7-9,11-12H,5-6,10,13H2,1H3;1-2H3. The zero-order chi connectivity index (χ0) is 21.1. The molecule has 154 valence electrons. The molecule has 5 nitrogen and oxygen atoms in total. The Morgan fingerprint density at radius 2 is 1.97 bits per heavy atom. The van der Waals surface area contributed by atoms with E-state index in [1.807, 2.05) is 44.3 Å². The minimum atomic E-state index is -0.194. The maximum absolute atomic E-state index is 11.4. The number of carbonyl (C=O) groups excluding carboxylic acids is 1. The fourth-order valence-corrected chi connectivity index (χ4v) is 3.49. The van der Waals surface area contributed by atoms with Crippen LogP contribution in [0.3, 0.4) is 0 Å². The van der Waals surface area contributed by atoms with E-state index in [-0.39, 0.29) is 5.97 Å². The van der Waals surface area contributed by atoms with Crippen molar-refractivity contribution in [3.8, 4) is 0 Å². The van der Waals surface area contributed by atoms with E-state index in [0.29, 0.717) is 25.9 Å². The van der Waals surface area contributed by atoms with Crippen LogP contribution in [0, 0.1) is 0 Å². The summed E-state index contributed by atoms with van der Waals surface area (Å²) in [6.07, 6.45) is 5.38. The number of esters is 1. The number of hydrogen-bond acceptors (Lipinski definition) is 6. The Bertz CT molecular complexity index is 937. The smallest absolute Gasteiger partial charge is 0.305 e. The molecule has 1 aromatic carbocycles. The van der Waals surface area contributed by atoms with Gasteiger partial charge in [-0.15, -0.1) is 0 Å². The Hall–Kier alpha value is -1.71. The average Bonchev–Trinajstić information content (AvgIpc) is 2.77. The lowest BCUT2D eigenvalue weighted by Crippen LogP contribution is -2.03. The van der Waals surface area contributed by atoms with Gasteiger partial charge in [-0.3, -0.25) is 18.9 Å². The molecule has 0 aliphatic heterocycles. The molecule has 3 aromatic rings. The van der Waals surface area contributed by atoms with Gasteiger partial charge in [0.2, 0.25) is 0 Å². The van der Waals surface area contributed by atoms with E-state index in [9.17, 15) is 4.79 Å². The highest BCUT2D eigenvalue weighted by molar-refractivity contribution is 14.2. The van der Waals surface area contributed by atoms with E-state index in [0.717, 1.165) is 33.3 Å². The highest BCUT2D eigenvalue weighted by atomic mass is 127. The second kappa shape index (κ2) is 12.8. The molecule has 0 bridgehead atoms. The number of fused-ring (bicyclic) bond motifs is 1. The number of pyridine rings is 2. The Balaban J connectivity index is 0.00000145. The molecule has 0 saturated carbocycles. The van der Waals surface area contributed by atoms with E-state index in [4.69, 9.17) is 13.9 Å². The van der Waals surface area contributed by atoms with Gasteiger partial charge >= 0.3 is 5.97 Å². The number of aryl methyl sites for hydroxylation is 1. The number of rotatable bonds is 8. The molecule has 0 atom stereocenters. The van der Waals surface area contributed by atoms with Gasteiger partial charge in [-0.25, -0.2) is 0 Å². The minimum absolute atomic E-state index is 0.194. The molecule has 3 rings (SSSR count). The molecule has 0 aliphatic carbocycles. The van der Waals surface area contributed by atoms with Crippen molar-refractivity contribution in [3.05, 3.63) is 71.3 Å². The van der Waals surface area contributed by atoms with Crippen LogP contribution in [0.5, 0.6) is 0 Å². The SMILES string of the molecule is CC.COC(=O)CCc1cccc(Cc2nc(COSI)cc3ccncc23)c1. The molecule has 0 fully saturated rings. The summed E-state index contributed by atoms with van der Waals surface area (Å²) in [5.41, 5.74) is 4.13. The largest absolute Gasteiger partial charge is 0.469 e. The summed E-state index contributed by atoms with van der Waals surface area (Å²) >= 11 is 2.10. The Kier molecular flexibility index (Phi) is 10.4. The molecule has 0 radical (unpaired) electrons. The third kappa shape index (κ3) is 7.24. The number of benzene rings is 1. The predicted molar refractivity (Wildman–Crippen MR) is 127 cm³/mol. The summed E-state index contributed by atoms with van der Waals surface area (Å²) in [5, 5.41) is 2.15. The summed E-state index contributed by atoms with van der Waals surface area (Å²) in [6.45, 7) is 4.46. The maximum atomic E-state index is 11.4. The van der Waals surface area contributed by atoms with Crippen LogP contribution in [0.1, 0.15) is 42.8 Å². The molecular formula is C22H25IN2O3S. The highest BCUT2D eigenvalue weighted by Crippen LogP contribution is 2.23. The zero-order valence-electron chi connectivity index (χ0n) is 16.9. The first-order chi connectivity index (χ1) is 14.2. The van der Waals surface area contributed by atoms with Crippen LogP contribution in [0.25, 0.3) is 10.8 Å². The number of methoxy groups -OCH3 is 1. The number of carbonyl (C=O) groups is 1. The van der Waals surface area contributed by atoms with Crippen LogP contribution in [0.4, 0.5) is 0 Å². The summed E-state index contributed by atoms with van der Waals surface area (Å²) < 4.78 is 10.2. The number of aromatic nitrogens is 2. The molecule has 0 unspecified atom stereocenters. The van der Waals surface area contributed by atoms with E-state index in [1.165, 1.54) is 16.3 Å². The molecule has 0 amide bonds. The first kappa shape index (κ1) is 23.6. The third-order valence-corrected chi connectivity index (χ3v) is 5.20. The van der Waals surface area contributed by atoms with E-state index < -0.39 is 0 Å². The second-order valence-electron chi connectivity index (χ2n) is 6.06. The van der Waals surface area contributed by atoms with Crippen LogP contribution in [-0.2, 0) is 33.2 Å². The fourth-order valence-electron chi connectivity index (χ4n) is 2.95. The molecule has 0 saturated heterocycles. The van der Waals surface area contributed by atoms with E-state index in [2.05, 4.69) is 38.3 Å². The number of hydrogen-bond donors (Lipinski definition) is 0. The van der Waals surface area contributed by atoms with Gasteiger partial charge in [0.15, 0.2) is 0 Å². The van der Waals surface area contributed by atoms with Crippen molar-refractivity contribution in [1.29, 1.82) is 0 Å². The molecule has 0 spiro atoms. The average molecular weight is 524 g/mol. The normalized spacial score (nSPS) is 10.3. The van der Waals surface area contributed by atoms with Crippen molar-refractivity contribution >= 4 is 47.2 Å². The van der Waals surface area contributed by atoms with Gasteiger partial charge in [-0.1, -0.05) is 38.1 Å². The van der Waals surface area contributed by atoms with Crippen molar-refractivity contribution in [2.75, 3.05) is 7.11 Å². The molecule has 7 heteroatoms. The van der Waals surface area contributed by atoms with Crippen LogP contribution in [0.15, 0.2) is 48.8 Å². The fraction of sp³-hybridized carbons (Fsp3) is 0.318. The zero-order valence-corrected chi connectivity index (χ0v) is 19.8. The lowest BCUT2D eigenvalue weighted by molar-refractivity contribution is -0.140. The molecule has 0 aliphatic rings. The van der Waals surface area contributed by atoms with E-state index >= 15 is 0 Å². The first-order valence-electron chi connectivity index (χ1n) is 9.47. The monoisotopic (exact) mass is 524 g/mol. The Labute approximate surface area is 188 Å². The lowest BCUT2D eigenvalue weighted by Gasteiger charge is -2.10. The van der Waals surface area contributed by atoms with Gasteiger partial charge in [0, 0.05) is 51.8 Å². The van der Waals surface area contributed by atoms with Gasteiger partial charge in [0.05, 0.1) is 27.7 Å². The summed E-state index contributed by atoms with van der Waals surface area (Å²) in [5.74, 6) is -0.194. The van der Waals surface area contributed by atoms with Crippen LogP contribution in [-0.4, -0.2) is 23.0 Å². The third-order valence-electron chi connectivity index (χ3n) is 4.23. The van der Waals surface area contributed by atoms with Crippen molar-refractivity contribution in [3.63, 3.8) is 0 Å². The summed E-state index contributed by atoms with van der Waals surface area (Å²) in [7, 11) is 2.72. The topological polar surface area (TPSA) is 61.3 Å². The summed E-state index contributed by atoms with van der Waals surface area (Å²) in [6, 6.07) is 12.3. The maximum Gasteiger partial charge on any atom is 0.305 e. The first-order valence-corrected chi connectivity index (χ1v) is 12.8. The van der Waals surface area contributed by atoms with Crippen LogP contribution < -0.4 is 0 Å². The molecule has 0 N–H and O–H groups in total. The number of nitrogens with zero attached hydrogens (tertiary/aromatic N) is 2. The lowest BCUT2D eigenvalue weighted by atomic mass is 10.0. The van der Waals surface area contributed by atoms with Gasteiger partial charge in [-0.2, -0.15) is 0 Å². The predicted octanol–water partition coefficient (Wildman–Crippen LogP) is 5.87. The summed E-state index contributed by atoms with van der Waals surface area (Å²) in [4.78, 5) is 20.4. The molecule has 2 heterocycles. The highest BCUT2D eigenvalue weighted by Gasteiger charge is 2.09. The van der Waals surface area contributed by atoms with Gasteiger partial charge in [-0.05, 0) is 35.1 Å². The molecular weight excluding hydrogens is 499 g/mol. The van der Waals surface area contributed by atoms with Crippen LogP contribution >= 0.6 is 30.4 Å². The Morgan fingerprint density at radius 3 is 2.72 bits per heavy atom. The molecule has 29 heavy (non-hydrogen) atoms. The van der Waals surface area contributed by atoms with Gasteiger partial charge in [0.25, 0.3) is 0 Å². The van der Waals surface area contributed by atoms with Gasteiger partial charge < -0.3 is 4.74 Å². The van der Waals surface area contributed by atoms with Crippen molar-refractivity contribution in [2.24, 2.45) is 0 Å². The van der Waals surface area contributed by atoms with Gasteiger partial charge in [0.1, 0.15) is 6.61 Å². The van der Waals surface area contributed by atoms with E-state index in [1.54, 1.807) is 6.20 Å². The quantitative estimate of drug-likeness (QED) is 0.209. The van der Waals surface area contributed by atoms with Crippen molar-refractivity contribution < 1.29 is 13.7 Å². The van der Waals surface area contributed by atoms with Crippen LogP contribution in [0.2, 0.25) is 0 Å². The molecule has 2 aromatic heterocycles. The second-order valence-corrected chi connectivity index (χ2v) is 7.50. The van der Waals surface area contributed by atoms with Crippen molar-refractivity contribution in [2.45, 2.75) is 39.7 Å². The van der Waals surface area contributed by atoms with Crippen molar-refractivity contribution in [1.82, 2.24) is 9.97 Å².